The van der Waals surface area contributed by atoms with E-state index in [-0.39, 0.29) is 23.2 Å². The number of halogens is 1. The molecule has 1 N–H and O–H groups in total. The van der Waals surface area contributed by atoms with Crippen molar-refractivity contribution >= 4 is 28.3 Å². The van der Waals surface area contributed by atoms with E-state index in [1.54, 1.807) is 26.0 Å². The van der Waals surface area contributed by atoms with Gasteiger partial charge in [0.05, 0.1) is 4.90 Å². The van der Waals surface area contributed by atoms with E-state index in [2.05, 4.69) is 5.32 Å². The average molecular weight is 364 g/mol. The molecule has 0 aliphatic heterocycles. The number of benzene rings is 1. The van der Waals surface area contributed by atoms with Gasteiger partial charge in [-0.25, -0.2) is 8.42 Å². The molecule has 0 heterocycles. The van der Waals surface area contributed by atoms with E-state index in [4.69, 9.17) is 0 Å². The Kier molecular flexibility index (Phi) is 9.38. The fourth-order valence-electron chi connectivity index (χ4n) is 1.99. The summed E-state index contributed by atoms with van der Waals surface area (Å²) in [6.07, 6.45) is 0. The molecule has 1 amide bonds. The van der Waals surface area contributed by atoms with Gasteiger partial charge < -0.3 is 10.2 Å². The third-order valence-corrected chi connectivity index (χ3v) is 5.37. The highest BCUT2D eigenvalue weighted by molar-refractivity contribution is 7.89. The van der Waals surface area contributed by atoms with E-state index < -0.39 is 10.0 Å². The molecule has 0 aliphatic rings. The Morgan fingerprint density at radius 3 is 2.04 bits per heavy atom. The van der Waals surface area contributed by atoms with Crippen LogP contribution in [-0.4, -0.2) is 63.8 Å². The Labute approximate surface area is 145 Å². The van der Waals surface area contributed by atoms with Crippen LogP contribution in [0.2, 0.25) is 0 Å². The molecular weight excluding hydrogens is 338 g/mol. The maximum absolute atomic E-state index is 12.3. The van der Waals surface area contributed by atoms with Crippen LogP contribution in [-0.2, 0) is 10.0 Å². The predicted octanol–water partition coefficient (Wildman–Crippen LogP) is 1.43. The van der Waals surface area contributed by atoms with Crippen molar-refractivity contribution in [2.75, 3.05) is 40.3 Å². The fraction of sp³-hybridized carbons (Fsp3) is 0.533. The lowest BCUT2D eigenvalue weighted by Gasteiger charge is -2.18. The first kappa shape index (κ1) is 21.9. The Morgan fingerprint density at radius 2 is 1.61 bits per heavy atom. The van der Waals surface area contributed by atoms with Gasteiger partial charge in [0.1, 0.15) is 0 Å². The van der Waals surface area contributed by atoms with Crippen LogP contribution in [0, 0.1) is 0 Å². The second-order valence-corrected chi connectivity index (χ2v) is 7.11. The number of amides is 1. The Bertz CT molecular complexity index is 584. The van der Waals surface area contributed by atoms with Crippen LogP contribution in [0.1, 0.15) is 24.2 Å². The summed E-state index contributed by atoms with van der Waals surface area (Å²) in [4.78, 5) is 14.1. The van der Waals surface area contributed by atoms with E-state index in [1.165, 1.54) is 16.4 Å². The zero-order valence-electron chi connectivity index (χ0n) is 14.1. The largest absolute Gasteiger partial charge is 0.351 e. The minimum atomic E-state index is -3.48. The highest BCUT2D eigenvalue weighted by Gasteiger charge is 2.21. The normalized spacial score (nSPS) is 11.4. The minimum absolute atomic E-state index is 0. The summed E-state index contributed by atoms with van der Waals surface area (Å²) in [5, 5.41) is 2.79. The molecule has 1 aromatic rings. The van der Waals surface area contributed by atoms with Crippen molar-refractivity contribution < 1.29 is 13.2 Å². The number of carbonyl (C=O) groups is 1. The Balaban J connectivity index is 0.00000484. The number of hydrogen-bond donors (Lipinski definition) is 1. The molecule has 0 bridgehead atoms. The quantitative estimate of drug-likeness (QED) is 0.758. The van der Waals surface area contributed by atoms with Crippen LogP contribution in [0.5, 0.6) is 0 Å². The van der Waals surface area contributed by atoms with Gasteiger partial charge in [0, 0.05) is 31.7 Å². The maximum atomic E-state index is 12.3. The molecule has 0 fully saturated rings. The van der Waals surface area contributed by atoms with Crippen molar-refractivity contribution in [3.05, 3.63) is 29.8 Å². The topological polar surface area (TPSA) is 69.7 Å². The fourth-order valence-corrected chi connectivity index (χ4v) is 3.44. The van der Waals surface area contributed by atoms with Crippen LogP contribution < -0.4 is 5.32 Å². The molecule has 23 heavy (non-hydrogen) atoms. The summed E-state index contributed by atoms with van der Waals surface area (Å²) in [5.41, 5.74) is 0.456. The molecule has 0 atom stereocenters. The van der Waals surface area contributed by atoms with E-state index in [0.717, 1.165) is 6.54 Å². The molecular formula is C15H26ClN3O3S. The summed E-state index contributed by atoms with van der Waals surface area (Å²) >= 11 is 0. The lowest BCUT2D eigenvalue weighted by molar-refractivity contribution is 0.0951. The smallest absolute Gasteiger partial charge is 0.251 e. The van der Waals surface area contributed by atoms with Gasteiger partial charge in [-0.1, -0.05) is 13.8 Å². The standard InChI is InChI=1S/C15H25N3O3S.ClH/c1-5-18(6-2)22(20,21)14-9-7-13(8-10-14)15(19)16-11-12-17(3)4;/h7-10H,5-6,11-12H2,1-4H3,(H,16,19);1H. The van der Waals surface area contributed by atoms with Gasteiger partial charge in [-0.2, -0.15) is 4.31 Å². The van der Waals surface area contributed by atoms with E-state index in [1.807, 2.05) is 19.0 Å². The third kappa shape index (κ3) is 6.10. The van der Waals surface area contributed by atoms with Gasteiger partial charge in [0.15, 0.2) is 0 Å². The molecule has 0 radical (unpaired) electrons. The second kappa shape index (κ2) is 9.87. The predicted molar refractivity (Wildman–Crippen MR) is 94.7 cm³/mol. The first-order valence-corrected chi connectivity index (χ1v) is 8.80. The lowest BCUT2D eigenvalue weighted by atomic mass is 10.2. The molecule has 132 valence electrons. The summed E-state index contributed by atoms with van der Waals surface area (Å²) in [6.45, 7) is 5.74. The van der Waals surface area contributed by atoms with Gasteiger partial charge in [-0.05, 0) is 38.4 Å². The summed E-state index contributed by atoms with van der Waals surface area (Å²) in [6, 6.07) is 6.05. The Morgan fingerprint density at radius 1 is 1.09 bits per heavy atom. The molecule has 1 aromatic carbocycles. The number of sulfonamides is 1. The van der Waals surface area contributed by atoms with Gasteiger partial charge >= 0.3 is 0 Å². The molecule has 8 heteroatoms. The molecule has 0 spiro atoms. The summed E-state index contributed by atoms with van der Waals surface area (Å²) in [5.74, 6) is -0.200. The second-order valence-electron chi connectivity index (χ2n) is 5.17. The van der Waals surface area contributed by atoms with Gasteiger partial charge in [0.25, 0.3) is 5.91 Å². The number of nitrogens with one attached hydrogen (secondary N) is 1. The van der Waals surface area contributed by atoms with Crippen LogP contribution in [0.3, 0.4) is 0 Å². The molecule has 0 unspecified atom stereocenters. The van der Waals surface area contributed by atoms with Crippen LogP contribution in [0.4, 0.5) is 0 Å². The zero-order chi connectivity index (χ0) is 16.8. The van der Waals surface area contributed by atoms with Crippen LogP contribution in [0.25, 0.3) is 0 Å². The van der Waals surface area contributed by atoms with Crippen molar-refractivity contribution in [3.8, 4) is 0 Å². The highest BCUT2D eigenvalue weighted by atomic mass is 35.5. The minimum Gasteiger partial charge on any atom is -0.351 e. The molecule has 6 nitrogen and oxygen atoms in total. The average Bonchev–Trinajstić information content (AvgIpc) is 2.48. The van der Waals surface area contributed by atoms with Gasteiger partial charge in [-0.3, -0.25) is 4.79 Å². The number of hydrogen-bond acceptors (Lipinski definition) is 4. The monoisotopic (exact) mass is 363 g/mol. The Hall–Kier alpha value is -1.15. The van der Waals surface area contributed by atoms with Crippen molar-refractivity contribution in [1.82, 2.24) is 14.5 Å². The molecule has 0 saturated carbocycles. The number of carbonyl (C=O) groups excluding carboxylic acids is 1. The molecule has 1 rings (SSSR count). The summed E-state index contributed by atoms with van der Waals surface area (Å²) < 4.78 is 26.1. The van der Waals surface area contributed by atoms with Crippen LogP contribution in [0.15, 0.2) is 29.2 Å². The van der Waals surface area contributed by atoms with Crippen molar-refractivity contribution in [2.24, 2.45) is 0 Å². The van der Waals surface area contributed by atoms with Crippen molar-refractivity contribution in [2.45, 2.75) is 18.7 Å². The van der Waals surface area contributed by atoms with Crippen LogP contribution >= 0.6 is 12.4 Å². The van der Waals surface area contributed by atoms with Gasteiger partial charge in [0.2, 0.25) is 10.0 Å². The number of likely N-dealkylation sites (N-methyl/N-ethyl adjacent to an activating group) is 1. The number of rotatable bonds is 8. The maximum Gasteiger partial charge on any atom is 0.251 e. The lowest BCUT2D eigenvalue weighted by Crippen LogP contribution is -2.32. The first-order valence-electron chi connectivity index (χ1n) is 7.36. The SMILES string of the molecule is CCN(CC)S(=O)(=O)c1ccc(C(=O)NCCN(C)C)cc1.Cl. The van der Waals surface area contributed by atoms with E-state index in [0.29, 0.717) is 25.2 Å². The first-order chi connectivity index (χ1) is 10.3. The number of nitrogens with zero attached hydrogens (tertiary/aromatic N) is 2. The molecule has 0 aliphatic carbocycles. The highest BCUT2D eigenvalue weighted by Crippen LogP contribution is 2.16. The van der Waals surface area contributed by atoms with E-state index in [9.17, 15) is 13.2 Å². The zero-order valence-corrected chi connectivity index (χ0v) is 15.7. The van der Waals surface area contributed by atoms with Crippen molar-refractivity contribution in [3.63, 3.8) is 0 Å². The van der Waals surface area contributed by atoms with Gasteiger partial charge in [-0.15, -0.1) is 12.4 Å². The van der Waals surface area contributed by atoms with E-state index >= 15 is 0 Å². The van der Waals surface area contributed by atoms with Crippen molar-refractivity contribution in [1.29, 1.82) is 0 Å². The third-order valence-electron chi connectivity index (χ3n) is 3.30. The molecule has 0 aromatic heterocycles. The summed E-state index contributed by atoms with van der Waals surface area (Å²) in [7, 11) is 0.382. The molecule has 0 saturated heterocycles.